The Labute approximate surface area is 129 Å². The molecule has 0 bridgehead atoms. The number of hydrogen-bond acceptors (Lipinski definition) is 3. The summed E-state index contributed by atoms with van der Waals surface area (Å²) in [6.45, 7) is 3.38. The van der Waals surface area contributed by atoms with Gasteiger partial charge in [0, 0.05) is 29.3 Å². The Kier molecular flexibility index (Phi) is 5.05. The van der Waals surface area contributed by atoms with Crippen molar-refractivity contribution in [1.82, 2.24) is 4.90 Å². The summed E-state index contributed by atoms with van der Waals surface area (Å²) < 4.78 is 0.958. The maximum Gasteiger partial charge on any atom is 0.124 e. The minimum atomic E-state index is 0.122. The van der Waals surface area contributed by atoms with E-state index in [1.54, 1.807) is 0 Å². The second-order valence-electron chi connectivity index (χ2n) is 5.70. The number of halogens is 1. The molecule has 2 rings (SSSR count). The molecular formula is C15H23BrN4. The number of likely N-dealkylation sites (tertiary alicyclic amines) is 1. The quantitative estimate of drug-likeness (QED) is 0.655. The summed E-state index contributed by atoms with van der Waals surface area (Å²) in [6, 6.07) is 5.96. The molecule has 5 heteroatoms. The summed E-state index contributed by atoms with van der Waals surface area (Å²) in [5.41, 5.74) is 7.54. The van der Waals surface area contributed by atoms with Crippen LogP contribution in [0.1, 0.15) is 18.4 Å². The Hall–Kier alpha value is -1.07. The number of anilines is 1. The van der Waals surface area contributed by atoms with Crippen LogP contribution in [0.3, 0.4) is 0 Å². The number of rotatable bonds is 4. The van der Waals surface area contributed by atoms with Gasteiger partial charge in [-0.1, -0.05) is 15.9 Å². The second-order valence-corrected chi connectivity index (χ2v) is 6.62. The summed E-state index contributed by atoms with van der Waals surface area (Å²) in [7, 11) is 4.27. The van der Waals surface area contributed by atoms with Gasteiger partial charge in [-0.2, -0.15) is 0 Å². The van der Waals surface area contributed by atoms with Crippen LogP contribution < -0.4 is 10.6 Å². The van der Waals surface area contributed by atoms with Gasteiger partial charge in [0.2, 0.25) is 0 Å². The van der Waals surface area contributed by atoms with E-state index in [0.29, 0.717) is 0 Å². The zero-order chi connectivity index (χ0) is 14.7. The lowest BCUT2D eigenvalue weighted by atomic mass is 9.96. The molecule has 1 aromatic carbocycles. The monoisotopic (exact) mass is 338 g/mol. The number of nitrogens with two attached hydrogens (primary N) is 1. The predicted molar refractivity (Wildman–Crippen MR) is 88.6 cm³/mol. The maximum absolute atomic E-state index is 7.74. The summed E-state index contributed by atoms with van der Waals surface area (Å²) >= 11 is 3.44. The largest absolute Gasteiger partial charge is 0.384 e. The molecule has 1 fully saturated rings. The van der Waals surface area contributed by atoms with Crippen molar-refractivity contribution in [3.05, 3.63) is 28.2 Å². The molecule has 1 saturated heterocycles. The van der Waals surface area contributed by atoms with Crippen LogP contribution >= 0.6 is 15.9 Å². The molecule has 3 N–H and O–H groups in total. The van der Waals surface area contributed by atoms with Gasteiger partial charge in [0.25, 0.3) is 0 Å². The SMILES string of the molecule is CN1CCC(CN(C)c2ccc(Br)cc2C(=N)N)CC1. The van der Waals surface area contributed by atoms with E-state index < -0.39 is 0 Å². The molecule has 110 valence electrons. The fourth-order valence-electron chi connectivity index (χ4n) is 2.79. The van der Waals surface area contributed by atoms with Gasteiger partial charge in [0.1, 0.15) is 5.84 Å². The minimum absolute atomic E-state index is 0.122. The van der Waals surface area contributed by atoms with E-state index >= 15 is 0 Å². The highest BCUT2D eigenvalue weighted by Crippen LogP contribution is 2.26. The second kappa shape index (κ2) is 6.59. The Morgan fingerprint density at radius 3 is 2.70 bits per heavy atom. The molecule has 0 unspecified atom stereocenters. The first-order valence-corrected chi connectivity index (χ1v) is 7.80. The average molecular weight is 339 g/mol. The Morgan fingerprint density at radius 2 is 2.10 bits per heavy atom. The topological polar surface area (TPSA) is 56.4 Å². The van der Waals surface area contributed by atoms with Gasteiger partial charge >= 0.3 is 0 Å². The van der Waals surface area contributed by atoms with E-state index in [4.69, 9.17) is 11.1 Å². The molecule has 0 atom stereocenters. The number of nitrogen functional groups attached to an aromatic ring is 1. The highest BCUT2D eigenvalue weighted by atomic mass is 79.9. The first-order chi connectivity index (χ1) is 9.47. The Morgan fingerprint density at radius 1 is 1.45 bits per heavy atom. The van der Waals surface area contributed by atoms with E-state index in [2.05, 4.69) is 39.8 Å². The Balaban J connectivity index is 2.09. The van der Waals surface area contributed by atoms with Crippen molar-refractivity contribution >= 4 is 27.5 Å². The molecule has 4 nitrogen and oxygen atoms in total. The van der Waals surface area contributed by atoms with Crippen molar-refractivity contribution in [1.29, 1.82) is 5.41 Å². The van der Waals surface area contributed by atoms with Crippen molar-refractivity contribution in [3.63, 3.8) is 0 Å². The van der Waals surface area contributed by atoms with E-state index in [9.17, 15) is 0 Å². The predicted octanol–water partition coefficient (Wildman–Crippen LogP) is 2.51. The van der Waals surface area contributed by atoms with E-state index in [-0.39, 0.29) is 5.84 Å². The molecule has 1 aromatic rings. The van der Waals surface area contributed by atoms with Gasteiger partial charge in [0.05, 0.1) is 0 Å². The summed E-state index contributed by atoms with van der Waals surface area (Å²) in [6.07, 6.45) is 2.49. The molecule has 1 aliphatic heterocycles. The molecule has 0 amide bonds. The molecule has 0 spiro atoms. The van der Waals surface area contributed by atoms with Crippen molar-refractivity contribution in [2.75, 3.05) is 38.6 Å². The normalized spacial score (nSPS) is 17.1. The van der Waals surface area contributed by atoms with Crippen LogP contribution in [0.15, 0.2) is 22.7 Å². The summed E-state index contributed by atoms with van der Waals surface area (Å²) in [5.74, 6) is 0.844. The number of hydrogen-bond donors (Lipinski definition) is 2. The summed E-state index contributed by atoms with van der Waals surface area (Å²) in [4.78, 5) is 4.62. The number of piperidine rings is 1. The van der Waals surface area contributed by atoms with Crippen LogP contribution in [-0.2, 0) is 0 Å². The number of nitrogens with zero attached hydrogens (tertiary/aromatic N) is 2. The lowest BCUT2D eigenvalue weighted by molar-refractivity contribution is 0.222. The van der Waals surface area contributed by atoms with Gasteiger partial charge in [-0.05, 0) is 57.1 Å². The third-order valence-electron chi connectivity index (χ3n) is 4.03. The van der Waals surface area contributed by atoms with E-state index in [1.807, 2.05) is 18.2 Å². The first-order valence-electron chi connectivity index (χ1n) is 7.01. The van der Waals surface area contributed by atoms with Crippen LogP contribution in [0.5, 0.6) is 0 Å². The van der Waals surface area contributed by atoms with Crippen LogP contribution in [0.2, 0.25) is 0 Å². The van der Waals surface area contributed by atoms with Crippen LogP contribution in [-0.4, -0.2) is 44.5 Å². The van der Waals surface area contributed by atoms with Gasteiger partial charge in [0.15, 0.2) is 0 Å². The smallest absolute Gasteiger partial charge is 0.124 e. The molecular weight excluding hydrogens is 316 g/mol. The molecule has 0 aromatic heterocycles. The third kappa shape index (κ3) is 3.73. The molecule has 0 radical (unpaired) electrons. The lowest BCUT2D eigenvalue weighted by Gasteiger charge is -2.33. The van der Waals surface area contributed by atoms with Crippen molar-refractivity contribution in [2.24, 2.45) is 11.7 Å². The fourth-order valence-corrected chi connectivity index (χ4v) is 3.15. The molecule has 0 aliphatic carbocycles. The highest BCUT2D eigenvalue weighted by Gasteiger charge is 2.19. The molecule has 1 heterocycles. The number of nitrogens with one attached hydrogen (secondary N) is 1. The van der Waals surface area contributed by atoms with Gasteiger partial charge in [-0.25, -0.2) is 0 Å². The zero-order valence-electron chi connectivity index (χ0n) is 12.2. The zero-order valence-corrected chi connectivity index (χ0v) is 13.8. The fraction of sp³-hybridized carbons (Fsp3) is 0.533. The third-order valence-corrected chi connectivity index (χ3v) is 4.52. The molecule has 20 heavy (non-hydrogen) atoms. The maximum atomic E-state index is 7.74. The van der Waals surface area contributed by atoms with Gasteiger partial charge in [-0.15, -0.1) is 0 Å². The van der Waals surface area contributed by atoms with Crippen molar-refractivity contribution in [3.8, 4) is 0 Å². The van der Waals surface area contributed by atoms with Crippen LogP contribution in [0, 0.1) is 11.3 Å². The van der Waals surface area contributed by atoms with Crippen LogP contribution in [0.25, 0.3) is 0 Å². The van der Waals surface area contributed by atoms with Crippen molar-refractivity contribution < 1.29 is 0 Å². The van der Waals surface area contributed by atoms with Gasteiger partial charge in [-0.3, -0.25) is 5.41 Å². The molecule has 0 saturated carbocycles. The Bertz CT molecular complexity index is 481. The number of amidine groups is 1. The van der Waals surface area contributed by atoms with Gasteiger partial charge < -0.3 is 15.5 Å². The summed E-state index contributed by atoms with van der Waals surface area (Å²) in [5, 5.41) is 7.74. The minimum Gasteiger partial charge on any atom is -0.384 e. The average Bonchev–Trinajstić information content (AvgIpc) is 2.41. The van der Waals surface area contributed by atoms with Crippen molar-refractivity contribution in [2.45, 2.75) is 12.8 Å². The lowest BCUT2D eigenvalue weighted by Crippen LogP contribution is -2.36. The number of benzene rings is 1. The van der Waals surface area contributed by atoms with E-state index in [1.165, 1.54) is 25.9 Å². The van der Waals surface area contributed by atoms with E-state index in [0.717, 1.165) is 28.2 Å². The standard InChI is InChI=1S/C15H23BrN4/c1-19-7-5-11(6-8-19)10-20(2)14-4-3-12(16)9-13(14)15(17)18/h3-4,9,11H,5-8,10H2,1-2H3,(H3,17,18). The highest BCUT2D eigenvalue weighted by molar-refractivity contribution is 9.10. The first kappa shape index (κ1) is 15.3. The molecule has 1 aliphatic rings. The van der Waals surface area contributed by atoms with Crippen LogP contribution in [0.4, 0.5) is 5.69 Å².